The van der Waals surface area contributed by atoms with Gasteiger partial charge in [0.05, 0.1) is 6.42 Å². The van der Waals surface area contributed by atoms with Crippen molar-refractivity contribution in [1.82, 2.24) is 19.8 Å². The zero-order valence-electron chi connectivity index (χ0n) is 19.4. The smallest absolute Gasteiger partial charge is 0.227 e. The number of amides is 1. The van der Waals surface area contributed by atoms with E-state index in [0.29, 0.717) is 12.3 Å². The SMILES string of the molecule is Cc1cccc(CN2CCC[C@@H](c3nc(C)c(CC(=O)N4CCCCC4)c(C)n3)C2)c1. The topological polar surface area (TPSA) is 49.3 Å². The van der Waals surface area contributed by atoms with E-state index in [1.807, 2.05) is 18.7 Å². The van der Waals surface area contributed by atoms with E-state index in [9.17, 15) is 4.79 Å². The Morgan fingerprint density at radius 3 is 2.45 bits per heavy atom. The Morgan fingerprint density at radius 2 is 1.74 bits per heavy atom. The molecule has 2 aromatic rings. The molecule has 2 fully saturated rings. The molecule has 5 heteroatoms. The highest BCUT2D eigenvalue weighted by atomic mass is 16.2. The molecule has 2 aliphatic rings. The Labute approximate surface area is 186 Å². The van der Waals surface area contributed by atoms with Crippen LogP contribution in [0.3, 0.4) is 0 Å². The predicted molar refractivity (Wildman–Crippen MR) is 124 cm³/mol. The largest absolute Gasteiger partial charge is 0.342 e. The van der Waals surface area contributed by atoms with Crippen LogP contribution in [0.1, 0.15) is 71.9 Å². The maximum absolute atomic E-state index is 12.8. The van der Waals surface area contributed by atoms with Gasteiger partial charge in [0.25, 0.3) is 0 Å². The minimum Gasteiger partial charge on any atom is -0.342 e. The molecule has 166 valence electrons. The van der Waals surface area contributed by atoms with E-state index >= 15 is 0 Å². The van der Waals surface area contributed by atoms with Gasteiger partial charge in [0.2, 0.25) is 5.91 Å². The van der Waals surface area contributed by atoms with Gasteiger partial charge in [-0.2, -0.15) is 0 Å². The van der Waals surface area contributed by atoms with Crippen molar-refractivity contribution in [3.8, 4) is 0 Å². The minimum absolute atomic E-state index is 0.226. The Bertz CT molecular complexity index is 896. The number of hydrogen-bond acceptors (Lipinski definition) is 4. The van der Waals surface area contributed by atoms with E-state index in [2.05, 4.69) is 36.1 Å². The number of carbonyl (C=O) groups excluding carboxylic acids is 1. The van der Waals surface area contributed by atoms with E-state index < -0.39 is 0 Å². The number of carbonyl (C=O) groups is 1. The second-order valence-electron chi connectivity index (χ2n) is 9.41. The van der Waals surface area contributed by atoms with Gasteiger partial charge in [0.1, 0.15) is 5.82 Å². The Hall–Kier alpha value is -2.27. The zero-order valence-corrected chi connectivity index (χ0v) is 19.4. The molecular formula is C26H36N4O. The summed E-state index contributed by atoms with van der Waals surface area (Å²) in [6.07, 6.45) is 6.23. The van der Waals surface area contributed by atoms with Crippen LogP contribution in [-0.4, -0.2) is 51.9 Å². The third kappa shape index (κ3) is 5.51. The molecule has 0 saturated carbocycles. The monoisotopic (exact) mass is 420 g/mol. The molecule has 2 saturated heterocycles. The van der Waals surface area contributed by atoms with E-state index in [1.165, 1.54) is 24.0 Å². The Morgan fingerprint density at radius 1 is 1.00 bits per heavy atom. The summed E-state index contributed by atoms with van der Waals surface area (Å²) >= 11 is 0. The van der Waals surface area contributed by atoms with Crippen molar-refractivity contribution in [1.29, 1.82) is 0 Å². The van der Waals surface area contributed by atoms with Crippen molar-refractivity contribution in [3.05, 3.63) is 58.2 Å². The Kier molecular flexibility index (Phi) is 7.01. The van der Waals surface area contributed by atoms with Gasteiger partial charge in [0.15, 0.2) is 0 Å². The molecule has 4 rings (SSSR count). The van der Waals surface area contributed by atoms with Crippen LogP contribution >= 0.6 is 0 Å². The summed E-state index contributed by atoms with van der Waals surface area (Å²) < 4.78 is 0. The first kappa shape index (κ1) is 21.9. The van der Waals surface area contributed by atoms with E-state index in [0.717, 1.165) is 74.8 Å². The lowest BCUT2D eigenvalue weighted by molar-refractivity contribution is -0.131. The van der Waals surface area contributed by atoms with Gasteiger partial charge in [-0.05, 0) is 65.0 Å². The van der Waals surface area contributed by atoms with Gasteiger partial charge in [-0.25, -0.2) is 9.97 Å². The number of aryl methyl sites for hydroxylation is 3. The minimum atomic E-state index is 0.226. The average molecular weight is 421 g/mol. The Balaban J connectivity index is 1.43. The standard InChI is InChI=1S/C26H36N4O/c1-19-9-7-10-22(15-19)17-29-12-8-11-23(18-29)26-27-20(2)24(21(3)28-26)16-25(31)30-13-5-4-6-14-30/h7,9-10,15,23H,4-6,8,11-14,16-18H2,1-3H3/t23-/m1/s1. The molecule has 3 heterocycles. The van der Waals surface area contributed by atoms with Gasteiger partial charge >= 0.3 is 0 Å². The maximum atomic E-state index is 12.8. The van der Waals surface area contributed by atoms with E-state index in [-0.39, 0.29) is 5.91 Å². The predicted octanol–water partition coefficient (Wildman–Crippen LogP) is 4.34. The van der Waals surface area contributed by atoms with Gasteiger partial charge in [-0.3, -0.25) is 9.69 Å². The van der Waals surface area contributed by atoms with Gasteiger partial charge in [0, 0.05) is 49.0 Å². The fourth-order valence-electron chi connectivity index (χ4n) is 5.09. The van der Waals surface area contributed by atoms with Gasteiger partial charge in [-0.15, -0.1) is 0 Å². The number of piperidine rings is 2. The first-order valence-electron chi connectivity index (χ1n) is 11.9. The number of nitrogens with zero attached hydrogens (tertiary/aromatic N) is 4. The first-order chi connectivity index (χ1) is 15.0. The second-order valence-corrected chi connectivity index (χ2v) is 9.41. The van der Waals surface area contributed by atoms with Crippen molar-refractivity contribution in [3.63, 3.8) is 0 Å². The number of hydrogen-bond donors (Lipinski definition) is 0. The molecule has 0 radical (unpaired) electrons. The molecule has 1 amide bonds. The summed E-state index contributed by atoms with van der Waals surface area (Å²) in [5.41, 5.74) is 5.66. The highest BCUT2D eigenvalue weighted by Crippen LogP contribution is 2.27. The number of likely N-dealkylation sites (tertiary alicyclic amines) is 2. The highest BCUT2D eigenvalue weighted by molar-refractivity contribution is 5.79. The van der Waals surface area contributed by atoms with Crippen LogP contribution < -0.4 is 0 Å². The molecule has 1 atom stereocenters. The molecule has 0 unspecified atom stereocenters. The lowest BCUT2D eigenvalue weighted by Crippen LogP contribution is -2.37. The molecule has 0 N–H and O–H groups in total. The molecular weight excluding hydrogens is 384 g/mol. The number of benzene rings is 1. The summed E-state index contributed by atoms with van der Waals surface area (Å²) in [6.45, 7) is 11.2. The van der Waals surface area contributed by atoms with E-state index in [1.54, 1.807) is 0 Å². The molecule has 2 aliphatic heterocycles. The van der Waals surface area contributed by atoms with Gasteiger partial charge in [-0.1, -0.05) is 29.8 Å². The lowest BCUT2D eigenvalue weighted by Gasteiger charge is -2.32. The average Bonchev–Trinajstić information content (AvgIpc) is 2.77. The normalized spacial score (nSPS) is 20.1. The van der Waals surface area contributed by atoms with Crippen molar-refractivity contribution < 1.29 is 4.79 Å². The van der Waals surface area contributed by atoms with Crippen molar-refractivity contribution in [2.45, 2.75) is 71.8 Å². The maximum Gasteiger partial charge on any atom is 0.227 e. The summed E-state index contributed by atoms with van der Waals surface area (Å²) in [7, 11) is 0. The summed E-state index contributed by atoms with van der Waals surface area (Å²) in [5.74, 6) is 1.55. The van der Waals surface area contributed by atoms with Crippen LogP contribution in [-0.2, 0) is 17.8 Å². The molecule has 0 aliphatic carbocycles. The van der Waals surface area contributed by atoms with Crippen LogP contribution in [0.2, 0.25) is 0 Å². The van der Waals surface area contributed by atoms with Crippen LogP contribution in [0.25, 0.3) is 0 Å². The van der Waals surface area contributed by atoms with Crippen LogP contribution in [0.4, 0.5) is 0 Å². The van der Waals surface area contributed by atoms with Crippen molar-refractivity contribution >= 4 is 5.91 Å². The highest BCUT2D eigenvalue weighted by Gasteiger charge is 2.26. The number of aromatic nitrogens is 2. The first-order valence-corrected chi connectivity index (χ1v) is 11.9. The van der Waals surface area contributed by atoms with E-state index in [4.69, 9.17) is 9.97 Å². The van der Waals surface area contributed by atoms with Crippen LogP contribution in [0, 0.1) is 20.8 Å². The quantitative estimate of drug-likeness (QED) is 0.722. The third-order valence-corrected chi connectivity index (χ3v) is 6.83. The molecule has 1 aromatic carbocycles. The molecule has 1 aromatic heterocycles. The molecule has 0 bridgehead atoms. The van der Waals surface area contributed by atoms with Gasteiger partial charge < -0.3 is 4.90 Å². The van der Waals surface area contributed by atoms with Crippen LogP contribution in [0.15, 0.2) is 24.3 Å². The molecule has 31 heavy (non-hydrogen) atoms. The summed E-state index contributed by atoms with van der Waals surface area (Å²) in [5, 5.41) is 0. The molecule has 5 nitrogen and oxygen atoms in total. The fraction of sp³-hybridized carbons (Fsp3) is 0.577. The van der Waals surface area contributed by atoms with Crippen molar-refractivity contribution in [2.75, 3.05) is 26.2 Å². The second kappa shape index (κ2) is 9.90. The zero-order chi connectivity index (χ0) is 21.8. The third-order valence-electron chi connectivity index (χ3n) is 6.83. The van der Waals surface area contributed by atoms with Crippen LogP contribution in [0.5, 0.6) is 0 Å². The number of rotatable bonds is 5. The summed E-state index contributed by atoms with van der Waals surface area (Å²) in [6, 6.07) is 8.80. The lowest BCUT2D eigenvalue weighted by atomic mass is 9.95. The fourth-order valence-corrected chi connectivity index (χ4v) is 5.09. The van der Waals surface area contributed by atoms with Crippen molar-refractivity contribution in [2.24, 2.45) is 0 Å². The summed E-state index contributed by atoms with van der Waals surface area (Å²) in [4.78, 5) is 27.1. The molecule has 0 spiro atoms.